The van der Waals surface area contributed by atoms with Gasteiger partial charge in [-0.25, -0.2) is 0 Å². The van der Waals surface area contributed by atoms with E-state index in [9.17, 15) is 0 Å². The van der Waals surface area contributed by atoms with Gasteiger partial charge in [0.15, 0.2) is 0 Å². The average Bonchev–Trinajstić information content (AvgIpc) is 2.24. The summed E-state index contributed by atoms with van der Waals surface area (Å²) >= 11 is 0. The molecule has 2 heteroatoms. The highest BCUT2D eigenvalue weighted by Crippen LogP contribution is 2.23. The number of nitrogens with one attached hydrogen (secondary N) is 1. The maximum atomic E-state index is 5.78. The molecule has 1 saturated carbocycles. The van der Waals surface area contributed by atoms with Gasteiger partial charge in [0, 0.05) is 18.1 Å². The van der Waals surface area contributed by atoms with Crippen LogP contribution in [0.4, 0.5) is 0 Å². The molecule has 1 aromatic rings. The van der Waals surface area contributed by atoms with E-state index in [1.807, 2.05) is 0 Å². The quantitative estimate of drug-likeness (QED) is 0.789. The monoisotopic (exact) mass is 204 g/mol. The highest BCUT2D eigenvalue weighted by molar-refractivity contribution is 5.19. The molecular formula is C13H20N2. The summed E-state index contributed by atoms with van der Waals surface area (Å²) in [5, 5.41) is 3.67. The number of benzene rings is 1. The van der Waals surface area contributed by atoms with Crippen molar-refractivity contribution in [2.75, 3.05) is 0 Å². The molecule has 1 fully saturated rings. The van der Waals surface area contributed by atoms with Crippen LogP contribution in [0.25, 0.3) is 0 Å². The van der Waals surface area contributed by atoms with Crippen LogP contribution in [0.15, 0.2) is 30.3 Å². The molecule has 0 radical (unpaired) electrons. The minimum atomic E-state index is 0.427. The lowest BCUT2D eigenvalue weighted by molar-refractivity contribution is 0.264. The van der Waals surface area contributed by atoms with Crippen LogP contribution in [-0.4, -0.2) is 12.1 Å². The second-order valence-corrected chi connectivity index (χ2v) is 4.47. The van der Waals surface area contributed by atoms with Crippen molar-refractivity contribution in [3.05, 3.63) is 35.9 Å². The molecule has 0 aliphatic heterocycles. The summed E-state index contributed by atoms with van der Waals surface area (Å²) in [6.07, 6.45) is 3.39. The van der Waals surface area contributed by atoms with E-state index in [-0.39, 0.29) is 0 Å². The first kappa shape index (κ1) is 10.7. The first-order valence-electron chi connectivity index (χ1n) is 5.86. The van der Waals surface area contributed by atoms with E-state index in [2.05, 4.69) is 42.6 Å². The van der Waals surface area contributed by atoms with Gasteiger partial charge >= 0.3 is 0 Å². The highest BCUT2D eigenvalue weighted by atomic mass is 15.0. The third-order valence-corrected chi connectivity index (χ3v) is 3.22. The summed E-state index contributed by atoms with van der Waals surface area (Å²) in [6, 6.07) is 12.2. The number of rotatable bonds is 4. The van der Waals surface area contributed by atoms with Gasteiger partial charge in [0.1, 0.15) is 0 Å². The molecule has 0 amide bonds. The van der Waals surface area contributed by atoms with Gasteiger partial charge in [-0.1, -0.05) is 37.3 Å². The van der Waals surface area contributed by atoms with Crippen molar-refractivity contribution in [3.63, 3.8) is 0 Å². The molecule has 1 aliphatic carbocycles. The second-order valence-electron chi connectivity index (χ2n) is 4.47. The maximum absolute atomic E-state index is 5.78. The number of hydrogen-bond donors (Lipinski definition) is 2. The molecule has 0 aromatic heterocycles. The molecule has 0 saturated heterocycles. The molecule has 1 unspecified atom stereocenters. The molecule has 15 heavy (non-hydrogen) atoms. The van der Waals surface area contributed by atoms with Gasteiger partial charge < -0.3 is 11.1 Å². The summed E-state index contributed by atoms with van der Waals surface area (Å²) in [5.74, 6) is 0. The van der Waals surface area contributed by atoms with E-state index in [4.69, 9.17) is 5.73 Å². The molecule has 2 nitrogen and oxygen atoms in total. The Hall–Kier alpha value is -0.860. The minimum Gasteiger partial charge on any atom is -0.328 e. The van der Waals surface area contributed by atoms with E-state index in [1.165, 1.54) is 5.56 Å². The van der Waals surface area contributed by atoms with E-state index in [0.29, 0.717) is 18.1 Å². The molecule has 0 heterocycles. The van der Waals surface area contributed by atoms with Gasteiger partial charge in [-0.05, 0) is 24.8 Å². The Morgan fingerprint density at radius 1 is 1.33 bits per heavy atom. The zero-order chi connectivity index (χ0) is 10.7. The van der Waals surface area contributed by atoms with Crippen molar-refractivity contribution >= 4 is 0 Å². The van der Waals surface area contributed by atoms with Gasteiger partial charge in [0.2, 0.25) is 0 Å². The Morgan fingerprint density at radius 2 is 2.00 bits per heavy atom. The van der Waals surface area contributed by atoms with Crippen molar-refractivity contribution in [3.8, 4) is 0 Å². The standard InChI is InChI=1S/C13H20N2/c1-2-13(10-6-4-3-5-7-10)15-12-8-11(14)9-12/h3-7,11-13,15H,2,8-9,14H2,1H3. The molecule has 0 spiro atoms. The zero-order valence-electron chi connectivity index (χ0n) is 9.32. The van der Waals surface area contributed by atoms with Gasteiger partial charge in [-0.15, -0.1) is 0 Å². The Morgan fingerprint density at radius 3 is 2.53 bits per heavy atom. The smallest absolute Gasteiger partial charge is 0.0320 e. The zero-order valence-corrected chi connectivity index (χ0v) is 9.32. The average molecular weight is 204 g/mol. The topological polar surface area (TPSA) is 38.0 Å². The van der Waals surface area contributed by atoms with Crippen LogP contribution in [-0.2, 0) is 0 Å². The molecule has 82 valence electrons. The summed E-state index contributed by atoms with van der Waals surface area (Å²) in [7, 11) is 0. The fraction of sp³-hybridized carbons (Fsp3) is 0.538. The van der Waals surface area contributed by atoms with Gasteiger partial charge in [-0.2, -0.15) is 0 Å². The second kappa shape index (κ2) is 4.77. The van der Waals surface area contributed by atoms with Gasteiger partial charge in [0.05, 0.1) is 0 Å². The van der Waals surface area contributed by atoms with Crippen molar-refractivity contribution < 1.29 is 0 Å². The van der Waals surface area contributed by atoms with Crippen LogP contribution in [0, 0.1) is 0 Å². The third-order valence-electron chi connectivity index (χ3n) is 3.22. The molecule has 1 atom stereocenters. The molecular weight excluding hydrogens is 184 g/mol. The first-order valence-corrected chi connectivity index (χ1v) is 5.86. The summed E-state index contributed by atoms with van der Waals surface area (Å²) in [4.78, 5) is 0. The molecule has 3 N–H and O–H groups in total. The Bertz CT molecular complexity index is 291. The number of nitrogens with two attached hydrogens (primary N) is 1. The maximum Gasteiger partial charge on any atom is 0.0320 e. The van der Waals surface area contributed by atoms with Crippen molar-refractivity contribution in [2.45, 2.75) is 44.3 Å². The van der Waals surface area contributed by atoms with Crippen molar-refractivity contribution in [1.29, 1.82) is 0 Å². The van der Waals surface area contributed by atoms with Crippen LogP contribution in [0.5, 0.6) is 0 Å². The van der Waals surface area contributed by atoms with Crippen molar-refractivity contribution in [2.24, 2.45) is 5.73 Å². The van der Waals surface area contributed by atoms with Gasteiger partial charge in [-0.3, -0.25) is 0 Å². The van der Waals surface area contributed by atoms with Crippen LogP contribution >= 0.6 is 0 Å². The predicted molar refractivity (Wildman–Crippen MR) is 63.6 cm³/mol. The van der Waals surface area contributed by atoms with E-state index in [0.717, 1.165) is 19.3 Å². The van der Waals surface area contributed by atoms with E-state index < -0.39 is 0 Å². The van der Waals surface area contributed by atoms with Crippen molar-refractivity contribution in [1.82, 2.24) is 5.32 Å². The molecule has 2 rings (SSSR count). The van der Waals surface area contributed by atoms with Crippen LogP contribution < -0.4 is 11.1 Å². The Labute approximate surface area is 91.9 Å². The molecule has 0 bridgehead atoms. The SMILES string of the molecule is CCC(NC1CC(N)C1)c1ccccc1. The summed E-state index contributed by atoms with van der Waals surface area (Å²) < 4.78 is 0. The largest absolute Gasteiger partial charge is 0.328 e. The predicted octanol–water partition coefficient (Wildman–Crippen LogP) is 2.22. The minimum absolute atomic E-state index is 0.427. The third kappa shape index (κ3) is 2.58. The Balaban J connectivity index is 1.93. The molecule has 1 aromatic carbocycles. The van der Waals surface area contributed by atoms with Crippen LogP contribution in [0.2, 0.25) is 0 Å². The fourth-order valence-electron chi connectivity index (χ4n) is 2.22. The number of hydrogen-bond acceptors (Lipinski definition) is 2. The van der Waals surface area contributed by atoms with E-state index in [1.54, 1.807) is 0 Å². The summed E-state index contributed by atoms with van der Waals surface area (Å²) in [6.45, 7) is 2.23. The molecule has 1 aliphatic rings. The van der Waals surface area contributed by atoms with Gasteiger partial charge in [0.25, 0.3) is 0 Å². The van der Waals surface area contributed by atoms with Crippen LogP contribution in [0.3, 0.4) is 0 Å². The Kier molecular flexibility index (Phi) is 3.39. The van der Waals surface area contributed by atoms with E-state index >= 15 is 0 Å². The fourth-order valence-corrected chi connectivity index (χ4v) is 2.22. The summed E-state index contributed by atoms with van der Waals surface area (Å²) in [5.41, 5.74) is 7.17. The lowest BCUT2D eigenvalue weighted by Crippen LogP contribution is -2.49. The van der Waals surface area contributed by atoms with Crippen LogP contribution in [0.1, 0.15) is 37.8 Å². The normalized spacial score (nSPS) is 27.1. The lowest BCUT2D eigenvalue weighted by Gasteiger charge is -2.36. The first-order chi connectivity index (χ1) is 7.29. The highest BCUT2D eigenvalue weighted by Gasteiger charge is 2.27. The lowest BCUT2D eigenvalue weighted by atomic mass is 9.86.